The Labute approximate surface area is 202 Å². The van der Waals surface area contributed by atoms with Crippen molar-refractivity contribution in [2.45, 2.75) is 50.6 Å². The van der Waals surface area contributed by atoms with E-state index in [0.29, 0.717) is 44.7 Å². The van der Waals surface area contributed by atoms with Gasteiger partial charge >= 0.3 is 0 Å². The number of morpholine rings is 1. The Balaban J connectivity index is 1.28. The minimum absolute atomic E-state index is 0.106. The first-order chi connectivity index (χ1) is 16.4. The van der Waals surface area contributed by atoms with Crippen LogP contribution in [0.1, 0.15) is 54.8 Å². The third kappa shape index (κ3) is 6.16. The van der Waals surface area contributed by atoms with Crippen LogP contribution in [-0.4, -0.2) is 57.9 Å². The molecular weight excluding hydrogens is 455 g/mol. The summed E-state index contributed by atoms with van der Waals surface area (Å²) in [5.41, 5.74) is 3.37. The summed E-state index contributed by atoms with van der Waals surface area (Å²) in [6.07, 6.45) is 3.77. The van der Waals surface area contributed by atoms with Gasteiger partial charge in [-0.25, -0.2) is 12.8 Å². The maximum Gasteiger partial charge on any atom is 0.214 e. The van der Waals surface area contributed by atoms with Crippen LogP contribution in [0.3, 0.4) is 0 Å². The maximum absolute atomic E-state index is 13.7. The van der Waals surface area contributed by atoms with Gasteiger partial charge in [0.05, 0.1) is 26.1 Å². The molecule has 1 saturated heterocycles. The average molecular weight is 491 g/mol. The van der Waals surface area contributed by atoms with Crippen molar-refractivity contribution in [1.29, 1.82) is 0 Å². The molecule has 0 aromatic heterocycles. The van der Waals surface area contributed by atoms with E-state index < -0.39 is 10.0 Å². The van der Waals surface area contributed by atoms with E-state index in [1.54, 1.807) is 16.4 Å². The predicted molar refractivity (Wildman–Crippen MR) is 131 cm³/mol. The van der Waals surface area contributed by atoms with Crippen LogP contribution in [0.15, 0.2) is 42.5 Å². The van der Waals surface area contributed by atoms with E-state index in [2.05, 4.69) is 36.5 Å². The Morgan fingerprint density at radius 2 is 1.88 bits per heavy atom. The summed E-state index contributed by atoms with van der Waals surface area (Å²) in [6.45, 7) is 3.95. The number of nitrogens with one attached hydrogen (secondary N) is 1. The molecule has 0 bridgehead atoms. The minimum Gasteiger partial charge on any atom is -0.494 e. The Kier molecular flexibility index (Phi) is 8.24. The Morgan fingerprint density at radius 1 is 1.15 bits per heavy atom. The molecule has 0 spiro atoms. The fraction of sp³-hybridized carbons (Fsp3) is 0.538. The molecule has 186 valence electrons. The lowest BCUT2D eigenvalue weighted by atomic mass is 9.96. The Morgan fingerprint density at radius 3 is 2.59 bits per heavy atom. The lowest BCUT2D eigenvalue weighted by molar-refractivity contribution is 0.0730. The first kappa shape index (κ1) is 25.1. The van der Waals surface area contributed by atoms with E-state index in [9.17, 15) is 12.8 Å². The quantitative estimate of drug-likeness (QED) is 0.575. The highest BCUT2D eigenvalue weighted by Gasteiger charge is 2.27. The van der Waals surface area contributed by atoms with E-state index in [0.717, 1.165) is 30.4 Å². The van der Waals surface area contributed by atoms with E-state index in [4.69, 9.17) is 9.47 Å². The molecule has 0 amide bonds. The SMILES string of the molecule is COc1cc([C@@H](C)NC2CC[C@@H](c3ccc(CCS(=O)(=O)N4CCOCC4)cc3)C2)ccc1F. The zero-order valence-corrected chi connectivity index (χ0v) is 20.8. The summed E-state index contributed by atoms with van der Waals surface area (Å²) >= 11 is 0. The highest BCUT2D eigenvalue weighted by atomic mass is 32.2. The molecule has 1 saturated carbocycles. The second kappa shape index (κ2) is 11.2. The van der Waals surface area contributed by atoms with E-state index in [1.807, 2.05) is 0 Å². The summed E-state index contributed by atoms with van der Waals surface area (Å²) in [5.74, 6) is 0.543. The van der Waals surface area contributed by atoms with Crippen molar-refractivity contribution in [3.05, 3.63) is 65.0 Å². The molecule has 34 heavy (non-hydrogen) atoms. The molecule has 1 heterocycles. The smallest absolute Gasteiger partial charge is 0.214 e. The Bertz CT molecular complexity index is 1050. The molecule has 2 aliphatic rings. The number of sulfonamides is 1. The van der Waals surface area contributed by atoms with Gasteiger partial charge in [-0.2, -0.15) is 4.31 Å². The number of hydrogen-bond donors (Lipinski definition) is 1. The van der Waals surface area contributed by atoms with Crippen LogP contribution >= 0.6 is 0 Å². The van der Waals surface area contributed by atoms with Crippen molar-refractivity contribution in [3.8, 4) is 5.75 Å². The largest absolute Gasteiger partial charge is 0.494 e. The van der Waals surface area contributed by atoms with Gasteiger partial charge in [-0.1, -0.05) is 30.3 Å². The van der Waals surface area contributed by atoms with Gasteiger partial charge in [-0.05, 0) is 67.3 Å². The van der Waals surface area contributed by atoms with Crippen LogP contribution < -0.4 is 10.1 Å². The zero-order valence-electron chi connectivity index (χ0n) is 20.0. The third-order valence-corrected chi connectivity index (χ3v) is 8.93. The van der Waals surface area contributed by atoms with E-state index in [1.165, 1.54) is 18.7 Å². The summed E-state index contributed by atoms with van der Waals surface area (Å²) in [4.78, 5) is 0. The van der Waals surface area contributed by atoms with Gasteiger partial charge in [-0.3, -0.25) is 0 Å². The number of rotatable bonds is 9. The van der Waals surface area contributed by atoms with Crippen molar-refractivity contribution < 1.29 is 22.3 Å². The molecule has 2 aromatic carbocycles. The fourth-order valence-electron chi connectivity index (χ4n) is 4.99. The van der Waals surface area contributed by atoms with Gasteiger partial charge in [0.2, 0.25) is 10.0 Å². The predicted octanol–water partition coefficient (Wildman–Crippen LogP) is 4.03. The average Bonchev–Trinajstić information content (AvgIpc) is 3.32. The molecule has 0 radical (unpaired) electrons. The second-order valence-corrected chi connectivity index (χ2v) is 11.4. The van der Waals surface area contributed by atoms with Crippen molar-refractivity contribution >= 4 is 10.0 Å². The molecular formula is C26H35FN2O4S. The minimum atomic E-state index is -3.24. The zero-order chi connectivity index (χ0) is 24.1. The number of nitrogens with zero attached hydrogens (tertiary/aromatic N) is 1. The topological polar surface area (TPSA) is 67.9 Å². The number of ether oxygens (including phenoxy) is 2. The molecule has 6 nitrogen and oxygen atoms in total. The molecule has 2 fully saturated rings. The van der Waals surface area contributed by atoms with Gasteiger partial charge in [-0.15, -0.1) is 0 Å². The van der Waals surface area contributed by atoms with Crippen molar-refractivity contribution in [2.24, 2.45) is 0 Å². The number of aryl methyl sites for hydroxylation is 1. The fourth-order valence-corrected chi connectivity index (χ4v) is 6.45. The van der Waals surface area contributed by atoms with Crippen LogP contribution in [0.5, 0.6) is 5.75 Å². The molecule has 3 atom stereocenters. The third-order valence-electron chi connectivity index (χ3n) is 7.06. The number of methoxy groups -OCH3 is 1. The highest BCUT2D eigenvalue weighted by Crippen LogP contribution is 2.36. The van der Waals surface area contributed by atoms with Crippen molar-refractivity contribution in [2.75, 3.05) is 39.2 Å². The van der Waals surface area contributed by atoms with Crippen LogP contribution in [0.4, 0.5) is 4.39 Å². The van der Waals surface area contributed by atoms with Crippen LogP contribution in [0.2, 0.25) is 0 Å². The van der Waals surface area contributed by atoms with Crippen molar-refractivity contribution in [3.63, 3.8) is 0 Å². The highest BCUT2D eigenvalue weighted by molar-refractivity contribution is 7.89. The van der Waals surface area contributed by atoms with Crippen LogP contribution in [0, 0.1) is 5.82 Å². The summed E-state index contributed by atoms with van der Waals surface area (Å²) in [7, 11) is -1.76. The normalized spacial score (nSPS) is 22.6. The first-order valence-electron chi connectivity index (χ1n) is 12.1. The summed E-state index contributed by atoms with van der Waals surface area (Å²) in [5, 5.41) is 3.69. The summed E-state index contributed by atoms with van der Waals surface area (Å²) in [6, 6.07) is 14.0. The van der Waals surface area contributed by atoms with Gasteiger partial charge in [0, 0.05) is 25.2 Å². The van der Waals surface area contributed by atoms with Crippen LogP contribution in [0.25, 0.3) is 0 Å². The number of halogens is 1. The number of hydrogen-bond acceptors (Lipinski definition) is 5. The second-order valence-electron chi connectivity index (χ2n) is 9.31. The maximum atomic E-state index is 13.7. The molecule has 1 aliphatic carbocycles. The number of benzene rings is 2. The molecule has 1 unspecified atom stereocenters. The molecule has 2 aromatic rings. The molecule has 1 N–H and O–H groups in total. The van der Waals surface area contributed by atoms with E-state index >= 15 is 0 Å². The standard InChI is InChI=1S/C26H35FN2O4S/c1-19(22-8-10-25(27)26(18-22)32-2)28-24-9-7-23(17-24)21-5-3-20(4-6-21)11-16-34(30,31)29-12-14-33-15-13-29/h3-6,8,10,18-19,23-24,28H,7,9,11-17H2,1-2H3/t19-,23-,24?/m1/s1. The van der Waals surface area contributed by atoms with Gasteiger partial charge in [0.1, 0.15) is 0 Å². The summed E-state index contributed by atoms with van der Waals surface area (Å²) < 4.78 is 50.7. The molecule has 4 rings (SSSR count). The Hall–Kier alpha value is -2.00. The monoisotopic (exact) mass is 490 g/mol. The molecule has 1 aliphatic heterocycles. The van der Waals surface area contributed by atoms with Gasteiger partial charge in [0.25, 0.3) is 0 Å². The van der Waals surface area contributed by atoms with Crippen LogP contribution in [-0.2, 0) is 21.2 Å². The first-order valence-corrected chi connectivity index (χ1v) is 13.7. The van der Waals surface area contributed by atoms with Crippen molar-refractivity contribution in [1.82, 2.24) is 9.62 Å². The van der Waals surface area contributed by atoms with Gasteiger partial charge in [0.15, 0.2) is 11.6 Å². The van der Waals surface area contributed by atoms with E-state index in [-0.39, 0.29) is 23.4 Å². The lowest BCUT2D eigenvalue weighted by Crippen LogP contribution is -2.42. The molecule has 8 heteroatoms. The van der Waals surface area contributed by atoms with Gasteiger partial charge < -0.3 is 14.8 Å². The lowest BCUT2D eigenvalue weighted by Gasteiger charge is -2.26.